The number of alkyl halides is 3. The van der Waals surface area contributed by atoms with Crippen molar-refractivity contribution < 1.29 is 80.2 Å². The molecule has 3 heterocycles. The molecular weight excluding hydrogens is 1370 g/mol. The van der Waals surface area contributed by atoms with E-state index in [4.69, 9.17) is 9.47 Å². The van der Waals surface area contributed by atoms with Crippen molar-refractivity contribution in [3.8, 4) is 0 Å². The molecule has 3 aliphatic heterocycles. The molecule has 0 aromatic carbocycles. The van der Waals surface area contributed by atoms with Crippen molar-refractivity contribution in [3.63, 3.8) is 0 Å². The smallest absolute Gasteiger partial charge is 0.381 e. The maximum absolute atomic E-state index is 15.7. The quantitative estimate of drug-likeness (QED) is 0.160. The van der Waals surface area contributed by atoms with E-state index >= 15 is 33.6 Å². The fourth-order valence-electron chi connectivity index (χ4n) is 17.2. The largest absolute Gasteiger partial charge is 0.394 e. The maximum Gasteiger partial charge on any atom is 0.394 e. The van der Waals surface area contributed by atoms with Crippen LogP contribution >= 0.6 is 0 Å². The minimum Gasteiger partial charge on any atom is -0.381 e. The standard InChI is InChI=1S/C77H125F3N12O14/c1-16-49(7)65-73(102)86(10)46-64(95)87(11)56-27-20-19-23-38-91(72(56)101)60(40-50-30-28-48(6)29-31-50)71(100)85(9)45-62(93)81-55(35-33-51-32-34-54(77(78,79)80)61(41-51)105-15)69(98)92-44-53(106-18-3)42-58(92)68(97)83-76(36-24-37-76)75(104)90(14)66(52-25-21-22-26-52)74(103)89(13)59(70(99)84(8)17-2)43-63(94)88(12)57(39-47(4)5)67(96)82-65/h19-20,47-61,65-66H,16-18,21-46H2,1-15H3,(H,81,93)(H,82,96)(H,83,97)/b20-19-/t48?,49-,50?,51?,53+,54?,55-,56-,57-,58-,59-,60-,61?,65-,66-/m0/s1. The lowest BCUT2D eigenvalue weighted by atomic mass is 9.74. The van der Waals surface area contributed by atoms with E-state index in [-0.39, 0.29) is 115 Å². The van der Waals surface area contributed by atoms with Crippen molar-refractivity contribution in [1.29, 1.82) is 0 Å². The third-order valence-corrected chi connectivity index (χ3v) is 24.5. The van der Waals surface area contributed by atoms with Crippen LogP contribution in [0.5, 0.6) is 0 Å². The van der Waals surface area contributed by atoms with Gasteiger partial charge in [0.15, 0.2) is 0 Å². The molecule has 0 radical (unpaired) electrons. The van der Waals surface area contributed by atoms with Crippen molar-refractivity contribution in [3.05, 3.63) is 12.2 Å². The fourth-order valence-corrected chi connectivity index (χ4v) is 17.2. The highest BCUT2D eigenvalue weighted by Crippen LogP contribution is 2.44. The summed E-state index contributed by atoms with van der Waals surface area (Å²) in [4.78, 5) is 194. The van der Waals surface area contributed by atoms with Crippen LogP contribution in [0, 0.1) is 41.4 Å². The Balaban J connectivity index is 1.32. The van der Waals surface area contributed by atoms with E-state index in [1.165, 1.54) is 101 Å². The molecule has 4 aliphatic carbocycles. The van der Waals surface area contributed by atoms with E-state index in [2.05, 4.69) is 22.9 Å². The van der Waals surface area contributed by atoms with Gasteiger partial charge >= 0.3 is 6.18 Å². The Kier molecular flexibility index (Phi) is 31.3. The number of methoxy groups -OCH3 is 1. The van der Waals surface area contributed by atoms with Crippen LogP contribution in [0.15, 0.2) is 12.2 Å². The predicted molar refractivity (Wildman–Crippen MR) is 391 cm³/mol. The van der Waals surface area contributed by atoms with Gasteiger partial charge in [0.1, 0.15) is 53.9 Å². The molecule has 106 heavy (non-hydrogen) atoms. The van der Waals surface area contributed by atoms with Crippen LogP contribution in [0.1, 0.15) is 196 Å². The first-order valence-electron chi connectivity index (χ1n) is 39.2. The van der Waals surface area contributed by atoms with Gasteiger partial charge in [0.05, 0.1) is 37.6 Å². The number of hydrogen-bond acceptors (Lipinski definition) is 14. The van der Waals surface area contributed by atoms with Crippen molar-refractivity contribution in [2.75, 3.05) is 95.8 Å². The number of hydrogen-bond donors (Lipinski definition) is 3. The molecule has 13 atom stereocenters. The molecule has 12 amide bonds. The van der Waals surface area contributed by atoms with E-state index < -0.39 is 180 Å². The van der Waals surface area contributed by atoms with Crippen LogP contribution in [0.3, 0.4) is 0 Å². The number of fused-ring (bicyclic) bond motifs is 3. The Bertz CT molecular complexity index is 3120. The summed E-state index contributed by atoms with van der Waals surface area (Å²) in [5, 5.41) is 8.86. The first-order valence-corrected chi connectivity index (χ1v) is 39.2. The van der Waals surface area contributed by atoms with Gasteiger partial charge in [-0.2, -0.15) is 13.2 Å². The number of likely N-dealkylation sites (N-methyl/N-ethyl adjacent to an activating group) is 7. The van der Waals surface area contributed by atoms with E-state index in [9.17, 15) is 37.1 Å². The second kappa shape index (κ2) is 38.4. The zero-order valence-corrected chi connectivity index (χ0v) is 65.9. The number of ether oxygens (including phenoxy) is 2. The molecular formula is C77H125F3N12O14. The number of nitrogens with one attached hydrogen (secondary N) is 3. The second-order valence-corrected chi connectivity index (χ2v) is 32.3. The summed E-state index contributed by atoms with van der Waals surface area (Å²) in [6, 6.07) is -10.1. The van der Waals surface area contributed by atoms with E-state index in [1.54, 1.807) is 26.8 Å². The Morgan fingerprint density at radius 3 is 1.92 bits per heavy atom. The van der Waals surface area contributed by atoms with E-state index in [0.29, 0.717) is 38.0 Å². The number of halogens is 3. The first kappa shape index (κ1) is 86.3. The molecule has 0 aromatic rings. The molecule has 4 saturated carbocycles. The Morgan fingerprint density at radius 1 is 0.679 bits per heavy atom. The summed E-state index contributed by atoms with van der Waals surface area (Å²) in [5.74, 6) is -10.5. The van der Waals surface area contributed by atoms with Crippen molar-refractivity contribution >= 4 is 70.9 Å². The summed E-state index contributed by atoms with van der Waals surface area (Å²) in [6.45, 7) is 12.2. The van der Waals surface area contributed by atoms with E-state index in [1.807, 2.05) is 26.8 Å². The topological polar surface area (TPSA) is 289 Å². The number of nitrogens with zero attached hydrogens (tertiary/aromatic N) is 9. The summed E-state index contributed by atoms with van der Waals surface area (Å²) in [7, 11) is 11.4. The number of amides is 12. The minimum atomic E-state index is -4.52. The van der Waals surface area contributed by atoms with Crippen LogP contribution in [0.4, 0.5) is 13.2 Å². The molecule has 598 valence electrons. The molecule has 2 bridgehead atoms. The van der Waals surface area contributed by atoms with Gasteiger partial charge in [0.2, 0.25) is 70.9 Å². The first-order chi connectivity index (χ1) is 50.0. The molecule has 0 aromatic heterocycles. The van der Waals surface area contributed by atoms with Gasteiger partial charge in [0.25, 0.3) is 0 Å². The molecule has 3 unspecified atom stereocenters. The molecule has 29 heteroatoms. The van der Waals surface area contributed by atoms with Crippen LogP contribution in [-0.2, 0) is 67.0 Å². The zero-order valence-electron chi connectivity index (χ0n) is 65.9. The van der Waals surface area contributed by atoms with E-state index in [0.717, 1.165) is 38.5 Å². The lowest BCUT2D eigenvalue weighted by Gasteiger charge is -2.46. The summed E-state index contributed by atoms with van der Waals surface area (Å²) < 4.78 is 54.5. The van der Waals surface area contributed by atoms with Gasteiger partial charge in [-0.25, -0.2) is 0 Å². The minimum absolute atomic E-state index is 0.00360. The second-order valence-electron chi connectivity index (χ2n) is 32.3. The van der Waals surface area contributed by atoms with Gasteiger partial charge in [-0.05, 0) is 139 Å². The molecule has 7 aliphatic rings. The summed E-state index contributed by atoms with van der Waals surface area (Å²) in [6.07, 6.45) is 4.45. The lowest BCUT2D eigenvalue weighted by Crippen LogP contribution is -2.68. The lowest BCUT2D eigenvalue weighted by molar-refractivity contribution is -0.215. The van der Waals surface area contributed by atoms with Gasteiger partial charge in [-0.1, -0.05) is 91.7 Å². The molecule has 7 rings (SSSR count). The average Bonchev–Trinajstić information content (AvgIpc) is 1.14. The molecule has 26 nitrogen and oxygen atoms in total. The normalized spacial score (nSPS) is 31.5. The molecule has 3 N–H and O–H groups in total. The average molecular weight is 1500 g/mol. The van der Waals surface area contributed by atoms with Crippen LogP contribution in [0.2, 0.25) is 0 Å². The number of rotatable bonds is 15. The highest BCUT2D eigenvalue weighted by Gasteiger charge is 2.55. The highest BCUT2D eigenvalue weighted by molar-refractivity contribution is 6.01. The van der Waals surface area contributed by atoms with Crippen molar-refractivity contribution in [1.82, 2.24) is 60.0 Å². The third-order valence-electron chi connectivity index (χ3n) is 24.5. The highest BCUT2D eigenvalue weighted by atomic mass is 19.4. The zero-order chi connectivity index (χ0) is 78.4. The van der Waals surface area contributed by atoms with Crippen LogP contribution in [-0.4, -0.2) is 283 Å². The van der Waals surface area contributed by atoms with Gasteiger partial charge in [-0.15, -0.1) is 0 Å². The third kappa shape index (κ3) is 21.1. The Hall–Kier alpha value is -6.91. The summed E-state index contributed by atoms with van der Waals surface area (Å²) in [5.41, 5.74) is -1.58. The maximum atomic E-state index is 15.7. The predicted octanol–water partition coefficient (Wildman–Crippen LogP) is 5.93. The number of carbonyl (C=O) groups excluding carboxylic acids is 12. The van der Waals surface area contributed by atoms with Crippen molar-refractivity contribution in [2.45, 2.75) is 268 Å². The SMILES string of the molecule is CCO[C@@H]1C[C@H]2C(=O)NC3(CCC3)C(=O)N(C)[C@@H](C3CCCC3)C(=O)N(C)[C@H](C(=O)N(C)CC)CC(=O)N(C)[C@@H](CC(C)C)C(=O)N[C@@H]([C@@H](C)CC)C(=O)N(C)CC(=O)N(C)[C@H]3C/C=C\CCN(C3=O)[C@@H](CC3CCC(C)CC3)C(=O)N(C)CC(=O)N[C@@H](CCC3CCC(C(F)(F)F)C(OC)C3)C(=O)N2C1. The van der Waals surface area contributed by atoms with Crippen LogP contribution < -0.4 is 16.0 Å². The molecule has 1 spiro atoms. The Morgan fingerprint density at radius 2 is 1.33 bits per heavy atom. The molecule has 6 fully saturated rings. The molecule has 2 saturated heterocycles. The van der Waals surface area contributed by atoms with Gasteiger partial charge < -0.3 is 69.5 Å². The monoisotopic (exact) mass is 1500 g/mol. The van der Waals surface area contributed by atoms with Crippen molar-refractivity contribution in [2.24, 2.45) is 41.4 Å². The Labute approximate surface area is 626 Å². The van der Waals surface area contributed by atoms with Crippen LogP contribution in [0.25, 0.3) is 0 Å². The number of carbonyl (C=O) groups is 12. The summed E-state index contributed by atoms with van der Waals surface area (Å²) >= 11 is 0. The van der Waals surface area contributed by atoms with Gasteiger partial charge in [-0.3, -0.25) is 57.5 Å². The van der Waals surface area contributed by atoms with Gasteiger partial charge in [0, 0.05) is 89.1 Å². The fraction of sp³-hybridized carbons (Fsp3) is 0.818.